The smallest absolute Gasteiger partial charge is 0.287 e. The summed E-state index contributed by atoms with van der Waals surface area (Å²) in [7, 11) is 0. The van der Waals surface area contributed by atoms with Crippen LogP contribution in [0, 0.1) is 6.92 Å². The van der Waals surface area contributed by atoms with E-state index in [1.165, 1.54) is 0 Å². The summed E-state index contributed by atoms with van der Waals surface area (Å²) < 4.78 is 11.1. The molecule has 1 saturated heterocycles. The van der Waals surface area contributed by atoms with E-state index in [0.717, 1.165) is 11.3 Å². The Kier molecular flexibility index (Phi) is 6.27. The number of nitrogens with zero attached hydrogens (tertiary/aromatic N) is 1. The Labute approximate surface area is 203 Å². The van der Waals surface area contributed by atoms with Crippen molar-refractivity contribution in [2.45, 2.75) is 38.3 Å². The number of aryl methyl sites for hydroxylation is 1. The van der Waals surface area contributed by atoms with Gasteiger partial charge in [0.1, 0.15) is 11.5 Å². The Hall–Kier alpha value is -4.07. The Bertz CT molecular complexity index is 1230. The standard InChI is InChI=1S/C27H27N3O5/c1-17-9-10-23(34-17)25(31)28-20-11-13-30(14-12-20)27(33)19-6-4-7-21(15-19)29-26(32)24-16-18-5-2-3-8-22(18)35-24/h2-10,15,20,24H,11-14,16H2,1H3,(H,28,31)(H,29,32). The number of carbonyl (C=O) groups excluding carboxylic acids is 3. The zero-order valence-corrected chi connectivity index (χ0v) is 19.5. The van der Waals surface area contributed by atoms with Crippen molar-refractivity contribution in [3.8, 4) is 5.75 Å². The van der Waals surface area contributed by atoms with Crippen molar-refractivity contribution in [1.82, 2.24) is 10.2 Å². The number of hydrogen-bond donors (Lipinski definition) is 2. The van der Waals surface area contributed by atoms with E-state index in [1.54, 1.807) is 48.2 Å². The normalized spacial score (nSPS) is 17.4. The molecule has 3 aromatic rings. The molecule has 2 aliphatic rings. The number of amides is 3. The fraction of sp³-hybridized carbons (Fsp3) is 0.296. The molecule has 8 nitrogen and oxygen atoms in total. The summed E-state index contributed by atoms with van der Waals surface area (Å²) in [6.45, 7) is 2.86. The van der Waals surface area contributed by atoms with Gasteiger partial charge in [-0.3, -0.25) is 14.4 Å². The minimum Gasteiger partial charge on any atom is -0.480 e. The molecule has 1 unspecified atom stereocenters. The molecule has 8 heteroatoms. The molecule has 0 bridgehead atoms. The van der Waals surface area contributed by atoms with Crippen molar-refractivity contribution in [2.24, 2.45) is 0 Å². The summed E-state index contributed by atoms with van der Waals surface area (Å²) in [6, 6.07) is 18.0. The lowest BCUT2D eigenvalue weighted by Gasteiger charge is -2.32. The van der Waals surface area contributed by atoms with Crippen LogP contribution in [0.5, 0.6) is 5.75 Å². The molecule has 0 radical (unpaired) electrons. The van der Waals surface area contributed by atoms with Gasteiger partial charge in [-0.05, 0) is 61.7 Å². The van der Waals surface area contributed by atoms with E-state index in [1.807, 2.05) is 24.3 Å². The molecule has 1 aromatic heterocycles. The Morgan fingerprint density at radius 2 is 1.77 bits per heavy atom. The van der Waals surface area contributed by atoms with Gasteiger partial charge in [-0.1, -0.05) is 24.3 Å². The molecule has 0 aliphatic carbocycles. The largest absolute Gasteiger partial charge is 0.480 e. The molecule has 35 heavy (non-hydrogen) atoms. The predicted molar refractivity (Wildman–Crippen MR) is 129 cm³/mol. The first-order valence-corrected chi connectivity index (χ1v) is 11.8. The van der Waals surface area contributed by atoms with Crippen LogP contribution in [-0.2, 0) is 11.2 Å². The number of nitrogens with one attached hydrogen (secondary N) is 2. The average Bonchev–Trinajstić information content (AvgIpc) is 3.51. The quantitative estimate of drug-likeness (QED) is 0.590. The molecular weight excluding hydrogens is 446 g/mol. The van der Waals surface area contributed by atoms with Gasteiger partial charge in [-0.15, -0.1) is 0 Å². The number of ether oxygens (including phenoxy) is 1. The van der Waals surface area contributed by atoms with Crippen LogP contribution >= 0.6 is 0 Å². The van der Waals surface area contributed by atoms with Crippen LogP contribution in [0.2, 0.25) is 0 Å². The first-order valence-electron chi connectivity index (χ1n) is 11.8. The molecule has 0 saturated carbocycles. The van der Waals surface area contributed by atoms with Crippen molar-refractivity contribution < 1.29 is 23.5 Å². The highest BCUT2D eigenvalue weighted by atomic mass is 16.5. The number of carbonyl (C=O) groups is 3. The molecule has 1 fully saturated rings. The fourth-order valence-electron chi connectivity index (χ4n) is 4.50. The van der Waals surface area contributed by atoms with Gasteiger partial charge in [-0.25, -0.2) is 0 Å². The second kappa shape index (κ2) is 9.66. The Morgan fingerprint density at radius 1 is 0.971 bits per heavy atom. The number of furan rings is 1. The highest BCUT2D eigenvalue weighted by Crippen LogP contribution is 2.29. The van der Waals surface area contributed by atoms with E-state index in [4.69, 9.17) is 9.15 Å². The van der Waals surface area contributed by atoms with E-state index >= 15 is 0 Å². The van der Waals surface area contributed by atoms with Crippen LogP contribution in [0.1, 0.15) is 45.1 Å². The molecule has 2 N–H and O–H groups in total. The fourth-order valence-corrected chi connectivity index (χ4v) is 4.50. The number of para-hydroxylation sites is 1. The monoisotopic (exact) mass is 473 g/mol. The molecule has 0 spiro atoms. The molecular formula is C27H27N3O5. The van der Waals surface area contributed by atoms with E-state index in [2.05, 4.69) is 10.6 Å². The van der Waals surface area contributed by atoms with Gasteiger partial charge in [0.15, 0.2) is 11.9 Å². The van der Waals surface area contributed by atoms with Gasteiger partial charge in [-0.2, -0.15) is 0 Å². The lowest BCUT2D eigenvalue weighted by atomic mass is 10.0. The van der Waals surface area contributed by atoms with E-state index in [-0.39, 0.29) is 23.8 Å². The number of likely N-dealkylation sites (tertiary alicyclic amines) is 1. The Morgan fingerprint density at radius 3 is 2.51 bits per heavy atom. The minimum absolute atomic E-state index is 0.0156. The van der Waals surface area contributed by atoms with Crippen molar-refractivity contribution in [1.29, 1.82) is 0 Å². The number of benzene rings is 2. The van der Waals surface area contributed by atoms with Crippen LogP contribution in [-0.4, -0.2) is 47.9 Å². The van der Waals surface area contributed by atoms with Gasteiger partial charge in [0.25, 0.3) is 17.7 Å². The second-order valence-corrected chi connectivity index (χ2v) is 8.94. The number of piperidine rings is 1. The number of anilines is 1. The van der Waals surface area contributed by atoms with Crippen molar-refractivity contribution >= 4 is 23.4 Å². The zero-order chi connectivity index (χ0) is 24.4. The van der Waals surface area contributed by atoms with E-state index in [0.29, 0.717) is 55.1 Å². The molecule has 2 aliphatic heterocycles. The molecule has 180 valence electrons. The summed E-state index contributed by atoms with van der Waals surface area (Å²) in [5, 5.41) is 5.85. The summed E-state index contributed by atoms with van der Waals surface area (Å²) in [5.41, 5.74) is 2.07. The maximum Gasteiger partial charge on any atom is 0.287 e. The topological polar surface area (TPSA) is 101 Å². The van der Waals surface area contributed by atoms with Gasteiger partial charge >= 0.3 is 0 Å². The molecule has 1 atom stereocenters. The maximum atomic E-state index is 13.1. The summed E-state index contributed by atoms with van der Waals surface area (Å²) in [4.78, 5) is 39.9. The first-order chi connectivity index (χ1) is 17.0. The SMILES string of the molecule is Cc1ccc(C(=O)NC2CCN(C(=O)c3cccc(NC(=O)C4Cc5ccccc5O4)c3)CC2)o1. The van der Waals surface area contributed by atoms with Crippen LogP contribution in [0.3, 0.4) is 0 Å². The number of fused-ring (bicyclic) bond motifs is 1. The summed E-state index contributed by atoms with van der Waals surface area (Å²) in [6.07, 6.45) is 1.25. The third-order valence-corrected chi connectivity index (χ3v) is 6.40. The summed E-state index contributed by atoms with van der Waals surface area (Å²) in [5.74, 6) is 1.14. The Balaban J connectivity index is 1.14. The molecule has 3 heterocycles. The van der Waals surface area contributed by atoms with E-state index < -0.39 is 6.10 Å². The van der Waals surface area contributed by atoms with Crippen LogP contribution in [0.25, 0.3) is 0 Å². The minimum atomic E-state index is -0.592. The van der Waals surface area contributed by atoms with Crippen LogP contribution < -0.4 is 15.4 Å². The van der Waals surface area contributed by atoms with Crippen LogP contribution in [0.15, 0.2) is 65.1 Å². The van der Waals surface area contributed by atoms with Crippen LogP contribution in [0.4, 0.5) is 5.69 Å². The summed E-state index contributed by atoms with van der Waals surface area (Å²) >= 11 is 0. The van der Waals surface area contributed by atoms with E-state index in [9.17, 15) is 14.4 Å². The highest BCUT2D eigenvalue weighted by Gasteiger charge is 2.29. The lowest BCUT2D eigenvalue weighted by molar-refractivity contribution is -0.122. The first kappa shape index (κ1) is 22.7. The maximum absolute atomic E-state index is 13.1. The lowest BCUT2D eigenvalue weighted by Crippen LogP contribution is -2.46. The second-order valence-electron chi connectivity index (χ2n) is 8.94. The predicted octanol–water partition coefficient (Wildman–Crippen LogP) is 3.56. The molecule has 3 amide bonds. The van der Waals surface area contributed by atoms with Gasteiger partial charge in [0.05, 0.1) is 0 Å². The van der Waals surface area contributed by atoms with Crippen molar-refractivity contribution in [2.75, 3.05) is 18.4 Å². The third kappa shape index (κ3) is 5.06. The zero-order valence-electron chi connectivity index (χ0n) is 19.5. The van der Waals surface area contributed by atoms with Gasteiger partial charge in [0, 0.05) is 36.8 Å². The van der Waals surface area contributed by atoms with Crippen molar-refractivity contribution in [3.63, 3.8) is 0 Å². The van der Waals surface area contributed by atoms with Gasteiger partial charge in [0.2, 0.25) is 0 Å². The number of hydrogen-bond acceptors (Lipinski definition) is 5. The highest BCUT2D eigenvalue weighted by molar-refractivity contribution is 5.98. The molecule has 2 aromatic carbocycles. The average molecular weight is 474 g/mol. The van der Waals surface area contributed by atoms with Gasteiger partial charge < -0.3 is 24.7 Å². The van der Waals surface area contributed by atoms with Crippen molar-refractivity contribution in [3.05, 3.63) is 83.3 Å². The molecule has 5 rings (SSSR count). The third-order valence-electron chi connectivity index (χ3n) is 6.40. The number of rotatable bonds is 5.